The summed E-state index contributed by atoms with van der Waals surface area (Å²) in [6, 6.07) is 9.46. The molecule has 2 aromatic rings. The smallest absolute Gasteiger partial charge is 0.316 e. The van der Waals surface area contributed by atoms with Gasteiger partial charge in [0.1, 0.15) is 11.7 Å². The zero-order valence-electron chi connectivity index (χ0n) is 12.5. The molecular weight excluding hydrogens is 280 g/mol. The molecule has 1 atom stereocenters. The Labute approximate surface area is 128 Å². The van der Waals surface area contributed by atoms with E-state index < -0.39 is 5.92 Å². The summed E-state index contributed by atoms with van der Waals surface area (Å²) in [6.45, 7) is 2.71. The summed E-state index contributed by atoms with van der Waals surface area (Å²) in [4.78, 5) is 29.2. The molecular formula is C17H18N2O3. The zero-order valence-corrected chi connectivity index (χ0v) is 12.5. The van der Waals surface area contributed by atoms with Gasteiger partial charge in [0.05, 0.1) is 12.2 Å². The molecule has 0 saturated heterocycles. The molecule has 0 spiro atoms. The van der Waals surface area contributed by atoms with Crippen LogP contribution in [0.1, 0.15) is 31.5 Å². The second kappa shape index (κ2) is 6.13. The number of benzene rings is 1. The van der Waals surface area contributed by atoms with Crippen molar-refractivity contribution in [2.75, 3.05) is 6.61 Å². The number of hydrogen-bond donors (Lipinski definition) is 0. The Hall–Kier alpha value is -2.43. The number of ether oxygens (including phenoxy) is 1. The van der Waals surface area contributed by atoms with Crippen LogP contribution >= 0.6 is 0 Å². The molecule has 0 radical (unpaired) electrons. The van der Waals surface area contributed by atoms with Crippen LogP contribution in [0.15, 0.2) is 41.3 Å². The highest BCUT2D eigenvalue weighted by Gasteiger charge is 2.30. The molecule has 22 heavy (non-hydrogen) atoms. The number of carbonyl (C=O) groups excluding carboxylic acids is 1. The van der Waals surface area contributed by atoms with Crippen LogP contribution in [0.25, 0.3) is 11.1 Å². The second-order valence-electron chi connectivity index (χ2n) is 5.30. The summed E-state index contributed by atoms with van der Waals surface area (Å²) in [6.07, 6.45) is 3.02. The highest BCUT2D eigenvalue weighted by Crippen LogP contribution is 2.26. The molecule has 5 heteroatoms. The maximum absolute atomic E-state index is 12.7. The summed E-state index contributed by atoms with van der Waals surface area (Å²) >= 11 is 0. The Balaban J connectivity index is 2.05. The Morgan fingerprint density at radius 3 is 2.86 bits per heavy atom. The van der Waals surface area contributed by atoms with Gasteiger partial charge in [-0.05, 0) is 25.3 Å². The minimum atomic E-state index is -0.439. The van der Waals surface area contributed by atoms with E-state index in [1.807, 2.05) is 30.3 Å². The van der Waals surface area contributed by atoms with Crippen LogP contribution < -0.4 is 5.56 Å². The van der Waals surface area contributed by atoms with Crippen molar-refractivity contribution in [3.05, 3.63) is 52.7 Å². The van der Waals surface area contributed by atoms with E-state index in [0.29, 0.717) is 31.0 Å². The van der Waals surface area contributed by atoms with Gasteiger partial charge in [0.25, 0.3) is 5.56 Å². The van der Waals surface area contributed by atoms with E-state index in [1.54, 1.807) is 17.7 Å². The topological polar surface area (TPSA) is 61.2 Å². The number of hydrogen-bond acceptors (Lipinski definition) is 4. The van der Waals surface area contributed by atoms with Gasteiger partial charge in [-0.1, -0.05) is 30.3 Å². The summed E-state index contributed by atoms with van der Waals surface area (Å²) in [5, 5.41) is 0. The van der Waals surface area contributed by atoms with Crippen molar-refractivity contribution in [1.82, 2.24) is 9.55 Å². The van der Waals surface area contributed by atoms with Gasteiger partial charge in [0, 0.05) is 12.7 Å². The minimum Gasteiger partial charge on any atom is -0.465 e. The Bertz CT molecular complexity index is 737. The zero-order chi connectivity index (χ0) is 15.5. The molecule has 0 N–H and O–H groups in total. The standard InChI is InChI=1S/C17H18N2O3/c1-2-22-17(21)13-9-6-10-19-15(13)18-11-14(16(19)20)12-7-4-3-5-8-12/h3-5,7-8,11,13H,2,6,9-10H2,1H3. The van der Waals surface area contributed by atoms with Gasteiger partial charge in [-0.2, -0.15) is 0 Å². The third kappa shape index (κ3) is 2.54. The van der Waals surface area contributed by atoms with Crippen LogP contribution in [0.4, 0.5) is 0 Å². The van der Waals surface area contributed by atoms with Crippen molar-refractivity contribution in [1.29, 1.82) is 0 Å². The third-order valence-corrected chi connectivity index (χ3v) is 3.92. The van der Waals surface area contributed by atoms with Crippen LogP contribution in [0.5, 0.6) is 0 Å². The number of nitrogens with zero attached hydrogens (tertiary/aromatic N) is 2. The fourth-order valence-corrected chi connectivity index (χ4v) is 2.86. The van der Waals surface area contributed by atoms with Crippen molar-refractivity contribution in [3.8, 4) is 11.1 Å². The average molecular weight is 298 g/mol. The van der Waals surface area contributed by atoms with Gasteiger partial charge in [0.2, 0.25) is 0 Å². The maximum atomic E-state index is 12.7. The Morgan fingerprint density at radius 2 is 2.14 bits per heavy atom. The summed E-state index contributed by atoms with van der Waals surface area (Å²) in [5.41, 5.74) is 1.31. The molecule has 5 nitrogen and oxygen atoms in total. The van der Waals surface area contributed by atoms with Gasteiger partial charge in [-0.15, -0.1) is 0 Å². The van der Waals surface area contributed by atoms with Crippen LogP contribution in [0, 0.1) is 0 Å². The van der Waals surface area contributed by atoms with Gasteiger partial charge < -0.3 is 4.74 Å². The molecule has 0 bridgehead atoms. The van der Waals surface area contributed by atoms with Crippen LogP contribution in [0.3, 0.4) is 0 Å². The van der Waals surface area contributed by atoms with Crippen molar-refractivity contribution < 1.29 is 9.53 Å². The predicted octanol–water partition coefficient (Wildman–Crippen LogP) is 2.35. The monoisotopic (exact) mass is 298 g/mol. The summed E-state index contributed by atoms with van der Waals surface area (Å²) < 4.78 is 6.72. The molecule has 114 valence electrons. The van der Waals surface area contributed by atoms with E-state index in [2.05, 4.69) is 4.98 Å². The molecule has 2 heterocycles. The Morgan fingerprint density at radius 1 is 1.36 bits per heavy atom. The number of carbonyl (C=O) groups is 1. The van der Waals surface area contributed by atoms with Gasteiger partial charge in [-0.3, -0.25) is 14.2 Å². The predicted molar refractivity (Wildman–Crippen MR) is 82.5 cm³/mol. The molecule has 1 aliphatic heterocycles. The van der Waals surface area contributed by atoms with Crippen LogP contribution in [-0.4, -0.2) is 22.1 Å². The van der Waals surface area contributed by atoms with Crippen molar-refractivity contribution in [2.45, 2.75) is 32.2 Å². The minimum absolute atomic E-state index is 0.0924. The van der Waals surface area contributed by atoms with Crippen LogP contribution in [0.2, 0.25) is 0 Å². The molecule has 1 aromatic carbocycles. The average Bonchev–Trinajstić information content (AvgIpc) is 2.56. The fraction of sp³-hybridized carbons (Fsp3) is 0.353. The molecule has 3 rings (SSSR count). The molecule has 0 fully saturated rings. The van der Waals surface area contributed by atoms with Crippen molar-refractivity contribution in [2.24, 2.45) is 0 Å². The first-order chi connectivity index (χ1) is 10.7. The van der Waals surface area contributed by atoms with Crippen molar-refractivity contribution in [3.63, 3.8) is 0 Å². The highest BCUT2D eigenvalue weighted by atomic mass is 16.5. The lowest BCUT2D eigenvalue weighted by Gasteiger charge is -2.24. The summed E-state index contributed by atoms with van der Waals surface area (Å²) in [7, 11) is 0. The van der Waals surface area contributed by atoms with E-state index >= 15 is 0 Å². The quantitative estimate of drug-likeness (QED) is 0.816. The van der Waals surface area contributed by atoms with Gasteiger partial charge in [0.15, 0.2) is 0 Å². The molecule has 0 aliphatic carbocycles. The second-order valence-corrected chi connectivity index (χ2v) is 5.30. The molecule has 0 saturated carbocycles. The normalized spacial score (nSPS) is 16.9. The first kappa shape index (κ1) is 14.5. The molecule has 1 unspecified atom stereocenters. The van der Waals surface area contributed by atoms with Gasteiger partial charge >= 0.3 is 5.97 Å². The first-order valence-corrected chi connectivity index (χ1v) is 7.54. The lowest BCUT2D eigenvalue weighted by molar-refractivity contribution is -0.145. The maximum Gasteiger partial charge on any atom is 0.316 e. The highest BCUT2D eigenvalue weighted by molar-refractivity contribution is 5.77. The fourth-order valence-electron chi connectivity index (χ4n) is 2.86. The van der Waals surface area contributed by atoms with E-state index in [0.717, 1.165) is 12.0 Å². The first-order valence-electron chi connectivity index (χ1n) is 7.54. The summed E-state index contributed by atoms with van der Waals surface area (Å²) in [5.74, 6) is -0.212. The lowest BCUT2D eigenvalue weighted by Crippen LogP contribution is -2.34. The largest absolute Gasteiger partial charge is 0.465 e. The Kier molecular flexibility index (Phi) is 4.04. The third-order valence-electron chi connectivity index (χ3n) is 3.92. The van der Waals surface area contributed by atoms with E-state index in [1.165, 1.54) is 0 Å². The number of aromatic nitrogens is 2. The number of rotatable bonds is 3. The van der Waals surface area contributed by atoms with Gasteiger partial charge in [-0.25, -0.2) is 4.98 Å². The molecule has 1 aliphatic rings. The van der Waals surface area contributed by atoms with Crippen molar-refractivity contribution >= 4 is 5.97 Å². The number of fused-ring (bicyclic) bond motifs is 1. The van der Waals surface area contributed by atoms with E-state index in [4.69, 9.17) is 4.74 Å². The molecule has 0 amide bonds. The van der Waals surface area contributed by atoms with E-state index in [-0.39, 0.29) is 11.5 Å². The van der Waals surface area contributed by atoms with Crippen LogP contribution in [-0.2, 0) is 16.1 Å². The SMILES string of the molecule is CCOC(=O)C1CCCn2c1ncc(-c1ccccc1)c2=O. The van der Waals surface area contributed by atoms with E-state index in [9.17, 15) is 9.59 Å². The number of esters is 1. The molecule has 1 aromatic heterocycles. The lowest BCUT2D eigenvalue weighted by atomic mass is 9.98.